The van der Waals surface area contributed by atoms with Crippen LogP contribution in [0.2, 0.25) is 0 Å². The summed E-state index contributed by atoms with van der Waals surface area (Å²) in [5.74, 6) is -4.86. The lowest BCUT2D eigenvalue weighted by atomic mass is 10.3. The lowest BCUT2D eigenvalue weighted by molar-refractivity contribution is -0.290. The van der Waals surface area contributed by atoms with E-state index in [1.807, 2.05) is 0 Å². The third-order valence-corrected chi connectivity index (χ3v) is 4.95. The van der Waals surface area contributed by atoms with Gasteiger partial charge in [0.1, 0.15) is 22.1 Å². The zero-order chi connectivity index (χ0) is 23.0. The highest BCUT2D eigenvalue weighted by Crippen LogP contribution is 2.37. The summed E-state index contributed by atoms with van der Waals surface area (Å²) in [6.45, 7) is -0.129. The van der Waals surface area contributed by atoms with Crippen LogP contribution in [0, 0.1) is 0 Å². The maximum atomic E-state index is 13.0. The summed E-state index contributed by atoms with van der Waals surface area (Å²) in [7, 11) is 0. The molecular weight excluding hydrogens is 458 g/mol. The molecule has 0 N–H and O–H groups in total. The number of hydrogen-bond donors (Lipinski definition) is 0. The minimum atomic E-state index is -5.75. The van der Waals surface area contributed by atoms with Crippen LogP contribution >= 0.6 is 11.8 Å². The van der Waals surface area contributed by atoms with Crippen LogP contribution in [0.3, 0.4) is 0 Å². The van der Waals surface area contributed by atoms with Gasteiger partial charge in [0, 0.05) is 6.20 Å². The molecule has 13 heteroatoms. The third-order valence-electron chi connectivity index (χ3n) is 4.00. The molecule has 0 aliphatic carbocycles. The summed E-state index contributed by atoms with van der Waals surface area (Å²) in [5, 5.41) is 0.369. The van der Waals surface area contributed by atoms with E-state index in [-0.39, 0.29) is 22.8 Å². The zero-order valence-corrected chi connectivity index (χ0v) is 16.4. The van der Waals surface area contributed by atoms with E-state index >= 15 is 0 Å². The van der Waals surface area contributed by atoms with E-state index in [2.05, 4.69) is 14.7 Å². The highest BCUT2D eigenvalue weighted by Gasteiger charge is 2.58. The van der Waals surface area contributed by atoms with Crippen LogP contribution in [0.4, 0.5) is 35.1 Å². The maximum absolute atomic E-state index is 13.0. The molecule has 0 fully saturated rings. The van der Waals surface area contributed by atoms with Gasteiger partial charge in [-0.25, -0.2) is 4.98 Å². The molecule has 4 nitrogen and oxygen atoms in total. The van der Waals surface area contributed by atoms with E-state index in [0.717, 1.165) is 24.5 Å². The number of pyridine rings is 2. The second-order valence-electron chi connectivity index (χ2n) is 6.21. The Morgan fingerprint density at radius 2 is 1.71 bits per heavy atom. The lowest BCUT2D eigenvalue weighted by Gasteiger charge is -2.19. The minimum Gasteiger partial charge on any atom is -0.485 e. The summed E-state index contributed by atoms with van der Waals surface area (Å²) in [4.78, 5) is 8.23. The van der Waals surface area contributed by atoms with Gasteiger partial charge in [-0.2, -0.15) is 35.1 Å². The van der Waals surface area contributed by atoms with Crippen LogP contribution in [-0.4, -0.2) is 38.8 Å². The van der Waals surface area contributed by atoms with Crippen molar-refractivity contribution in [3.8, 4) is 17.1 Å². The highest BCUT2D eigenvalue weighted by molar-refractivity contribution is 7.99. The molecule has 0 saturated heterocycles. The summed E-state index contributed by atoms with van der Waals surface area (Å²) < 4.78 is 107. The zero-order valence-electron chi connectivity index (χ0n) is 15.6. The Kier molecular flexibility index (Phi) is 6.09. The number of aromatic nitrogens is 3. The number of ether oxygens (including phenoxy) is 1. The van der Waals surface area contributed by atoms with Gasteiger partial charge in [0.15, 0.2) is 6.61 Å². The fraction of sp³-hybridized carbons (Fsp3) is 0.333. The number of hydrogen-bond acceptors (Lipinski definition) is 4. The van der Waals surface area contributed by atoms with Crippen molar-refractivity contribution in [1.29, 1.82) is 0 Å². The molecule has 3 rings (SSSR count). The highest BCUT2D eigenvalue weighted by atomic mass is 32.2. The van der Waals surface area contributed by atoms with Crippen LogP contribution in [-0.2, 0) is 6.18 Å². The maximum Gasteiger partial charge on any atom is 0.456 e. The van der Waals surface area contributed by atoms with Crippen LogP contribution in [0.15, 0.2) is 41.7 Å². The SMILES string of the molecule is CCSc1c(-c2ccc(OCC(F)(F)C(F)(F)F)cn2)nc2ccc(C(F)(F)F)cn12. The second kappa shape index (κ2) is 8.17. The molecule has 0 spiro atoms. The van der Waals surface area contributed by atoms with E-state index < -0.39 is 30.4 Å². The number of rotatable bonds is 6. The average molecular weight is 471 g/mol. The van der Waals surface area contributed by atoms with Crippen molar-refractivity contribution in [2.24, 2.45) is 0 Å². The largest absolute Gasteiger partial charge is 0.485 e. The summed E-state index contributed by atoms with van der Waals surface area (Å²) in [6, 6.07) is 4.48. The van der Waals surface area contributed by atoms with Gasteiger partial charge in [-0.05, 0) is 30.0 Å². The molecule has 0 aliphatic heterocycles. The Hall–Kier alpha value is -2.57. The van der Waals surface area contributed by atoms with Gasteiger partial charge in [-0.3, -0.25) is 9.38 Å². The Labute approximate surface area is 174 Å². The van der Waals surface area contributed by atoms with Gasteiger partial charge in [0.05, 0.1) is 17.5 Å². The van der Waals surface area contributed by atoms with Crippen molar-refractivity contribution in [2.75, 3.05) is 12.4 Å². The Balaban J connectivity index is 1.92. The molecule has 168 valence electrons. The van der Waals surface area contributed by atoms with E-state index in [1.54, 1.807) is 6.92 Å². The molecule has 0 amide bonds. The normalized spacial score (nSPS) is 13.1. The van der Waals surface area contributed by atoms with Gasteiger partial charge in [0.25, 0.3) is 0 Å². The molecule has 0 aliphatic rings. The molecule has 0 aromatic carbocycles. The average Bonchev–Trinajstić information content (AvgIpc) is 3.03. The van der Waals surface area contributed by atoms with Gasteiger partial charge >= 0.3 is 18.3 Å². The Bertz CT molecular complexity index is 1060. The fourth-order valence-electron chi connectivity index (χ4n) is 2.49. The molecule has 3 aromatic heterocycles. The summed E-state index contributed by atoms with van der Waals surface area (Å²) in [5.41, 5.74) is -0.225. The molecule has 3 aromatic rings. The number of halogens is 8. The molecule has 0 atom stereocenters. The van der Waals surface area contributed by atoms with E-state index in [0.29, 0.717) is 10.8 Å². The molecule has 0 bridgehead atoms. The van der Waals surface area contributed by atoms with Crippen molar-refractivity contribution in [3.63, 3.8) is 0 Å². The number of nitrogens with zero attached hydrogens (tertiary/aromatic N) is 3. The number of alkyl halides is 8. The monoisotopic (exact) mass is 471 g/mol. The third kappa shape index (κ3) is 4.86. The molecule has 0 saturated carbocycles. The van der Waals surface area contributed by atoms with Gasteiger partial charge in [-0.1, -0.05) is 6.92 Å². The van der Waals surface area contributed by atoms with Gasteiger partial charge < -0.3 is 4.74 Å². The van der Waals surface area contributed by atoms with E-state index in [1.165, 1.54) is 28.3 Å². The van der Waals surface area contributed by atoms with Crippen LogP contribution < -0.4 is 4.74 Å². The summed E-state index contributed by atoms with van der Waals surface area (Å²) >= 11 is 1.21. The summed E-state index contributed by atoms with van der Waals surface area (Å²) in [6.07, 6.45) is -8.46. The molecular formula is C18H13F8N3OS. The smallest absolute Gasteiger partial charge is 0.456 e. The standard InChI is InChI=1S/C18H13F8N3OS/c1-2-31-15-14(28-13-6-3-10(8-29(13)15)17(21,22)23)12-5-4-11(7-27-12)30-9-16(19,20)18(24,25)26/h3-8H,2,9H2,1H3. The number of imidazole rings is 1. The first kappa shape index (κ1) is 23.1. The van der Waals surface area contributed by atoms with Crippen molar-refractivity contribution >= 4 is 17.4 Å². The Morgan fingerprint density at radius 1 is 1.00 bits per heavy atom. The molecule has 0 unspecified atom stereocenters. The predicted molar refractivity (Wildman–Crippen MR) is 96.3 cm³/mol. The van der Waals surface area contributed by atoms with Crippen LogP contribution in [0.25, 0.3) is 17.0 Å². The van der Waals surface area contributed by atoms with Crippen molar-refractivity contribution in [2.45, 2.75) is 30.2 Å². The quantitative estimate of drug-likeness (QED) is 0.322. The predicted octanol–water partition coefficient (Wildman–Crippen LogP) is 6.10. The second-order valence-corrected chi connectivity index (χ2v) is 7.47. The van der Waals surface area contributed by atoms with Gasteiger partial charge in [-0.15, -0.1) is 11.8 Å². The van der Waals surface area contributed by atoms with Crippen LogP contribution in [0.5, 0.6) is 5.75 Å². The number of fused-ring (bicyclic) bond motifs is 1. The number of thioether (sulfide) groups is 1. The minimum absolute atomic E-state index is 0.183. The van der Waals surface area contributed by atoms with Crippen molar-refractivity contribution in [3.05, 3.63) is 42.2 Å². The Morgan fingerprint density at radius 3 is 2.26 bits per heavy atom. The van der Waals surface area contributed by atoms with Gasteiger partial charge in [0.2, 0.25) is 0 Å². The van der Waals surface area contributed by atoms with E-state index in [4.69, 9.17) is 0 Å². The topological polar surface area (TPSA) is 39.4 Å². The first-order valence-corrected chi connectivity index (χ1v) is 9.58. The molecule has 3 heterocycles. The lowest BCUT2D eigenvalue weighted by Crippen LogP contribution is -2.41. The van der Waals surface area contributed by atoms with E-state index in [9.17, 15) is 35.1 Å². The first-order valence-electron chi connectivity index (χ1n) is 8.59. The van der Waals surface area contributed by atoms with Crippen molar-refractivity contribution in [1.82, 2.24) is 14.4 Å². The van der Waals surface area contributed by atoms with Crippen molar-refractivity contribution < 1.29 is 39.9 Å². The van der Waals surface area contributed by atoms with Crippen LogP contribution in [0.1, 0.15) is 12.5 Å². The first-order chi connectivity index (χ1) is 14.3. The fourth-order valence-corrected chi connectivity index (χ4v) is 3.34. The molecule has 0 radical (unpaired) electrons. The molecule has 31 heavy (non-hydrogen) atoms.